The highest BCUT2D eigenvalue weighted by Gasteiger charge is 2.10. The Labute approximate surface area is 109 Å². The molecule has 0 aromatic carbocycles. The summed E-state index contributed by atoms with van der Waals surface area (Å²) < 4.78 is 0. The number of aryl methyl sites for hydroxylation is 1. The maximum atomic E-state index is 10.5. The quantitative estimate of drug-likeness (QED) is 0.892. The Morgan fingerprint density at radius 1 is 1.44 bits per heavy atom. The van der Waals surface area contributed by atoms with Crippen molar-refractivity contribution in [3.05, 3.63) is 35.1 Å². The van der Waals surface area contributed by atoms with E-state index in [2.05, 4.69) is 15.3 Å². The summed E-state index contributed by atoms with van der Waals surface area (Å²) in [6, 6.07) is 3.49. The second kappa shape index (κ2) is 5.14. The molecular formula is C12H13N3O2S. The van der Waals surface area contributed by atoms with Gasteiger partial charge in [-0.3, -0.25) is 4.98 Å². The number of hydrogen-bond acceptors (Lipinski definition) is 4. The summed E-state index contributed by atoms with van der Waals surface area (Å²) in [6.07, 6.45) is 0.652. The highest BCUT2D eigenvalue weighted by Crippen LogP contribution is 2.25. The molecule has 94 valence electrons. The number of nitrogens with zero attached hydrogens (tertiary/aromatic N) is 2. The van der Waals surface area contributed by atoms with Crippen LogP contribution in [0.15, 0.2) is 23.8 Å². The Bertz CT molecular complexity index is 551. The van der Waals surface area contributed by atoms with Gasteiger partial charge in [-0.15, -0.1) is 11.3 Å². The molecule has 18 heavy (non-hydrogen) atoms. The van der Waals surface area contributed by atoms with Crippen LogP contribution in [0.4, 0.5) is 4.79 Å². The molecule has 0 saturated heterocycles. The molecule has 6 heteroatoms. The third-order valence-electron chi connectivity index (χ3n) is 2.60. The summed E-state index contributed by atoms with van der Waals surface area (Å²) in [6.45, 7) is 3.72. The van der Waals surface area contributed by atoms with Gasteiger partial charge in [-0.25, -0.2) is 9.78 Å². The fraction of sp³-hybridized carbons (Fsp3) is 0.250. The van der Waals surface area contributed by atoms with Crippen LogP contribution < -0.4 is 5.32 Å². The van der Waals surface area contributed by atoms with E-state index in [9.17, 15) is 4.79 Å². The van der Waals surface area contributed by atoms with Crippen molar-refractivity contribution in [1.82, 2.24) is 15.3 Å². The Hall–Kier alpha value is -1.95. The lowest BCUT2D eigenvalue weighted by molar-refractivity contribution is 0.191. The van der Waals surface area contributed by atoms with Crippen molar-refractivity contribution in [2.45, 2.75) is 19.9 Å². The SMILES string of the molecule is Cc1ncsc1-c1ccc([C@H](C)NC(=O)O)cn1. The van der Waals surface area contributed by atoms with E-state index in [4.69, 9.17) is 5.11 Å². The predicted octanol–water partition coefficient (Wildman–Crippen LogP) is 2.84. The molecule has 0 bridgehead atoms. The van der Waals surface area contributed by atoms with Crippen LogP contribution in [-0.2, 0) is 0 Å². The van der Waals surface area contributed by atoms with E-state index in [0.717, 1.165) is 21.8 Å². The van der Waals surface area contributed by atoms with Gasteiger partial charge in [0, 0.05) is 6.20 Å². The van der Waals surface area contributed by atoms with Crippen molar-refractivity contribution in [3.63, 3.8) is 0 Å². The van der Waals surface area contributed by atoms with Crippen LogP contribution in [0.3, 0.4) is 0 Å². The lowest BCUT2D eigenvalue weighted by atomic mass is 10.1. The lowest BCUT2D eigenvalue weighted by Crippen LogP contribution is -2.24. The molecule has 1 amide bonds. The second-order valence-electron chi connectivity index (χ2n) is 3.91. The zero-order valence-electron chi connectivity index (χ0n) is 10.0. The molecule has 2 heterocycles. The molecule has 0 saturated carbocycles. The van der Waals surface area contributed by atoms with E-state index >= 15 is 0 Å². The largest absolute Gasteiger partial charge is 0.465 e. The van der Waals surface area contributed by atoms with Crippen LogP contribution in [0.2, 0.25) is 0 Å². The van der Waals surface area contributed by atoms with Crippen LogP contribution in [0.1, 0.15) is 24.2 Å². The third kappa shape index (κ3) is 2.65. The maximum Gasteiger partial charge on any atom is 0.405 e. The number of nitrogens with one attached hydrogen (secondary N) is 1. The van der Waals surface area contributed by atoms with Crippen molar-refractivity contribution in [1.29, 1.82) is 0 Å². The smallest absolute Gasteiger partial charge is 0.405 e. The molecule has 2 rings (SSSR count). The first-order valence-corrected chi connectivity index (χ1v) is 6.31. The number of carbonyl (C=O) groups is 1. The van der Waals surface area contributed by atoms with Crippen LogP contribution in [0, 0.1) is 6.92 Å². The third-order valence-corrected chi connectivity index (χ3v) is 3.56. The fourth-order valence-electron chi connectivity index (χ4n) is 1.61. The van der Waals surface area contributed by atoms with Gasteiger partial charge in [-0.05, 0) is 25.5 Å². The maximum absolute atomic E-state index is 10.5. The number of thiazole rings is 1. The number of pyridine rings is 1. The Balaban J connectivity index is 2.20. The number of aromatic nitrogens is 2. The molecule has 1 atom stereocenters. The first-order chi connectivity index (χ1) is 8.58. The standard InChI is InChI=1S/C12H13N3O2S/c1-7(15-12(16)17)9-3-4-10(13-5-9)11-8(2)14-6-18-11/h3-7,15H,1-2H3,(H,16,17)/t7-/m0/s1. The van der Waals surface area contributed by atoms with Crippen molar-refractivity contribution >= 4 is 17.4 Å². The molecule has 0 radical (unpaired) electrons. The van der Waals surface area contributed by atoms with E-state index in [0.29, 0.717) is 0 Å². The molecule has 5 nitrogen and oxygen atoms in total. The number of rotatable bonds is 3. The van der Waals surface area contributed by atoms with E-state index in [-0.39, 0.29) is 6.04 Å². The van der Waals surface area contributed by atoms with Gasteiger partial charge in [0.05, 0.1) is 27.8 Å². The molecule has 0 fully saturated rings. The predicted molar refractivity (Wildman–Crippen MR) is 69.7 cm³/mol. The summed E-state index contributed by atoms with van der Waals surface area (Å²) in [7, 11) is 0. The van der Waals surface area contributed by atoms with Gasteiger partial charge in [0.25, 0.3) is 0 Å². The van der Waals surface area contributed by atoms with Gasteiger partial charge in [0.2, 0.25) is 0 Å². The minimum atomic E-state index is -1.04. The first kappa shape index (κ1) is 12.5. The molecule has 2 aromatic rings. The van der Waals surface area contributed by atoms with Crippen LogP contribution in [-0.4, -0.2) is 21.2 Å². The van der Waals surface area contributed by atoms with Gasteiger partial charge in [0.15, 0.2) is 0 Å². The van der Waals surface area contributed by atoms with E-state index in [1.807, 2.05) is 19.1 Å². The molecule has 2 aromatic heterocycles. The lowest BCUT2D eigenvalue weighted by Gasteiger charge is -2.11. The van der Waals surface area contributed by atoms with Gasteiger partial charge in [-0.2, -0.15) is 0 Å². The van der Waals surface area contributed by atoms with Gasteiger partial charge < -0.3 is 10.4 Å². The average molecular weight is 263 g/mol. The summed E-state index contributed by atoms with van der Waals surface area (Å²) in [5.74, 6) is 0. The average Bonchev–Trinajstić information content (AvgIpc) is 2.75. The van der Waals surface area contributed by atoms with Gasteiger partial charge in [-0.1, -0.05) is 6.07 Å². The minimum absolute atomic E-state index is 0.272. The Morgan fingerprint density at radius 2 is 2.22 bits per heavy atom. The molecule has 2 N–H and O–H groups in total. The van der Waals surface area contributed by atoms with Crippen molar-refractivity contribution < 1.29 is 9.90 Å². The second-order valence-corrected chi connectivity index (χ2v) is 4.77. The number of hydrogen-bond donors (Lipinski definition) is 2. The number of amides is 1. The van der Waals surface area contributed by atoms with E-state index < -0.39 is 6.09 Å². The van der Waals surface area contributed by atoms with Crippen molar-refractivity contribution in [2.24, 2.45) is 0 Å². The summed E-state index contributed by atoms with van der Waals surface area (Å²) >= 11 is 1.54. The van der Waals surface area contributed by atoms with E-state index in [1.54, 1.807) is 30.0 Å². The molecule has 0 aliphatic rings. The zero-order chi connectivity index (χ0) is 13.1. The van der Waals surface area contributed by atoms with Gasteiger partial charge in [0.1, 0.15) is 0 Å². The van der Waals surface area contributed by atoms with Crippen molar-refractivity contribution in [3.8, 4) is 10.6 Å². The summed E-state index contributed by atoms with van der Waals surface area (Å²) in [5.41, 5.74) is 4.44. The topological polar surface area (TPSA) is 75.1 Å². The van der Waals surface area contributed by atoms with E-state index in [1.165, 1.54) is 0 Å². The van der Waals surface area contributed by atoms with Crippen LogP contribution in [0.25, 0.3) is 10.6 Å². The molecule has 0 aliphatic heterocycles. The normalized spacial score (nSPS) is 12.1. The van der Waals surface area contributed by atoms with Gasteiger partial charge >= 0.3 is 6.09 Å². The highest BCUT2D eigenvalue weighted by atomic mass is 32.1. The molecule has 0 aliphatic carbocycles. The summed E-state index contributed by atoms with van der Waals surface area (Å²) in [5, 5.41) is 11.0. The monoisotopic (exact) mass is 263 g/mol. The Morgan fingerprint density at radius 3 is 2.72 bits per heavy atom. The van der Waals surface area contributed by atoms with Crippen LogP contribution >= 0.6 is 11.3 Å². The van der Waals surface area contributed by atoms with Crippen LogP contribution in [0.5, 0.6) is 0 Å². The number of carboxylic acid groups (broad SMARTS) is 1. The highest BCUT2D eigenvalue weighted by molar-refractivity contribution is 7.13. The molecule has 0 unspecified atom stereocenters. The molecular weight excluding hydrogens is 250 g/mol. The molecule has 0 spiro atoms. The minimum Gasteiger partial charge on any atom is -0.465 e. The fourth-order valence-corrected chi connectivity index (χ4v) is 2.39. The van der Waals surface area contributed by atoms with Crippen molar-refractivity contribution in [2.75, 3.05) is 0 Å². The zero-order valence-corrected chi connectivity index (χ0v) is 10.9. The first-order valence-electron chi connectivity index (χ1n) is 5.44. The summed E-state index contributed by atoms with van der Waals surface area (Å²) in [4.78, 5) is 20.1. The Kier molecular flexibility index (Phi) is 3.57.